The molecular formula is C40H48Br2Cl2N2O2S2. The molecule has 50 heavy (non-hydrogen) atoms. The molecule has 0 aliphatic heterocycles. The van der Waals surface area contributed by atoms with Crippen molar-refractivity contribution in [3.63, 3.8) is 0 Å². The van der Waals surface area contributed by atoms with Crippen LogP contribution in [0, 0.1) is 0 Å². The number of hydrogen-bond acceptors (Lipinski definition) is 6. The summed E-state index contributed by atoms with van der Waals surface area (Å²) in [5.74, 6) is 1.48. The Morgan fingerprint density at radius 3 is 1.24 bits per heavy atom. The van der Waals surface area contributed by atoms with E-state index in [9.17, 15) is 0 Å². The van der Waals surface area contributed by atoms with Crippen LogP contribution < -0.4 is 9.47 Å². The van der Waals surface area contributed by atoms with Gasteiger partial charge in [0, 0.05) is 9.75 Å². The maximum Gasteiger partial charge on any atom is 0.172 e. The fraction of sp³-hybridized carbons (Fsp3) is 0.500. The van der Waals surface area contributed by atoms with Crippen LogP contribution in [0.25, 0.3) is 42.9 Å². The number of ether oxygens (including phenoxy) is 2. The lowest BCUT2D eigenvalue weighted by atomic mass is 10.0. The minimum Gasteiger partial charge on any atom is -0.489 e. The molecule has 3 aromatic heterocycles. The van der Waals surface area contributed by atoms with E-state index in [0.29, 0.717) is 34.3 Å². The number of benzene rings is 2. The summed E-state index contributed by atoms with van der Waals surface area (Å²) in [6, 6.07) is 12.0. The molecule has 10 heteroatoms. The minimum absolute atomic E-state index is 0.451. The maximum absolute atomic E-state index is 6.89. The first kappa shape index (κ1) is 39.8. The van der Waals surface area contributed by atoms with Gasteiger partial charge in [-0.05, 0) is 81.1 Å². The molecule has 0 unspecified atom stereocenters. The van der Waals surface area contributed by atoms with Crippen molar-refractivity contribution in [3.8, 4) is 32.4 Å². The van der Waals surface area contributed by atoms with Crippen LogP contribution in [0.1, 0.15) is 117 Å². The highest BCUT2D eigenvalue weighted by Gasteiger charge is 2.28. The van der Waals surface area contributed by atoms with E-state index >= 15 is 0 Å². The molecular weight excluding hydrogens is 835 g/mol. The van der Waals surface area contributed by atoms with Gasteiger partial charge in [-0.15, -0.1) is 22.7 Å². The first-order chi connectivity index (χ1) is 24.4. The molecule has 0 amide bonds. The van der Waals surface area contributed by atoms with Gasteiger partial charge in [0.1, 0.15) is 11.0 Å². The Hall–Kier alpha value is -1.42. The molecule has 0 saturated carbocycles. The SMILES string of the molecule is CCCCCCCCCCOc1c(OCCCCCCCCCC)c(-c2ccc(Br)s2)c2nc3cc(Cl)c(Cl)cc3nc2c1-c1ccc(Br)s1. The van der Waals surface area contributed by atoms with Crippen LogP contribution in [0.3, 0.4) is 0 Å². The third kappa shape index (κ3) is 10.8. The number of unbranched alkanes of at least 4 members (excludes halogenated alkanes) is 14. The fourth-order valence-corrected chi connectivity index (χ4v) is 9.47. The molecule has 5 aromatic rings. The number of rotatable bonds is 22. The van der Waals surface area contributed by atoms with E-state index in [1.807, 2.05) is 0 Å². The van der Waals surface area contributed by atoms with Crippen LogP contribution in [0.4, 0.5) is 0 Å². The van der Waals surface area contributed by atoms with E-state index in [0.717, 1.165) is 76.7 Å². The topological polar surface area (TPSA) is 44.2 Å². The second kappa shape index (κ2) is 20.7. The highest BCUT2D eigenvalue weighted by atomic mass is 79.9. The van der Waals surface area contributed by atoms with Gasteiger partial charge in [-0.2, -0.15) is 0 Å². The molecule has 4 nitrogen and oxygen atoms in total. The summed E-state index contributed by atoms with van der Waals surface area (Å²) in [4.78, 5) is 12.6. The first-order valence-electron chi connectivity index (χ1n) is 18.3. The maximum atomic E-state index is 6.89. The Balaban J connectivity index is 1.57. The third-order valence-electron chi connectivity index (χ3n) is 8.97. The van der Waals surface area contributed by atoms with Crippen molar-refractivity contribution in [1.82, 2.24) is 9.97 Å². The van der Waals surface area contributed by atoms with E-state index in [2.05, 4.69) is 70.0 Å². The standard InChI is InChI=1S/C40H48Br2Cl2N2O2S2/c1-3-5-7-9-11-13-15-17-23-47-39-35(31-19-21-33(41)49-31)37-38(46-30-26-28(44)27(43)25-29(30)45-37)36(32-20-22-34(42)50-32)40(39)48-24-18-16-14-12-10-8-6-4-2/h19-22,25-26H,3-18,23-24H2,1-2H3. The number of fused-ring (bicyclic) bond motifs is 2. The second-order valence-corrected chi connectivity index (χ2v) is 18.7. The van der Waals surface area contributed by atoms with E-state index in [1.165, 1.54) is 77.0 Å². The monoisotopic (exact) mass is 880 g/mol. The van der Waals surface area contributed by atoms with E-state index in [-0.39, 0.29) is 0 Å². The van der Waals surface area contributed by atoms with Gasteiger partial charge < -0.3 is 9.47 Å². The number of hydrogen-bond donors (Lipinski definition) is 0. The van der Waals surface area contributed by atoms with Crippen LogP contribution >= 0.6 is 77.7 Å². The van der Waals surface area contributed by atoms with Crippen LogP contribution in [-0.2, 0) is 0 Å². The zero-order valence-electron chi connectivity index (χ0n) is 29.2. The third-order valence-corrected chi connectivity index (χ3v) is 13.0. The first-order valence-corrected chi connectivity index (χ1v) is 22.3. The molecule has 2 aromatic carbocycles. The predicted octanol–water partition coefficient (Wildman–Crippen LogP) is 16.1. The van der Waals surface area contributed by atoms with Crippen LogP contribution in [-0.4, -0.2) is 23.2 Å². The highest BCUT2D eigenvalue weighted by Crippen LogP contribution is 2.53. The Labute approximate surface area is 332 Å². The van der Waals surface area contributed by atoms with Crippen LogP contribution in [0.5, 0.6) is 11.5 Å². The molecule has 0 atom stereocenters. The Morgan fingerprint density at radius 1 is 0.540 bits per heavy atom. The highest BCUT2D eigenvalue weighted by molar-refractivity contribution is 9.11. The Kier molecular flexibility index (Phi) is 16.5. The summed E-state index contributed by atoms with van der Waals surface area (Å²) < 4.78 is 15.8. The lowest BCUT2D eigenvalue weighted by molar-refractivity contribution is 0.260. The number of thiophene rings is 2. The van der Waals surface area contributed by atoms with Crippen LogP contribution in [0.15, 0.2) is 44.0 Å². The summed E-state index contributed by atoms with van der Waals surface area (Å²) >= 11 is 23.7. The van der Waals surface area contributed by atoms with Gasteiger partial charge >= 0.3 is 0 Å². The number of aromatic nitrogens is 2. The summed E-state index contributed by atoms with van der Waals surface area (Å²) in [5, 5.41) is 0.902. The number of halogens is 4. The zero-order valence-corrected chi connectivity index (χ0v) is 35.5. The largest absolute Gasteiger partial charge is 0.489 e. The zero-order chi connectivity index (χ0) is 35.3. The second-order valence-electron chi connectivity index (χ2n) is 12.9. The normalized spacial score (nSPS) is 11.6. The van der Waals surface area contributed by atoms with Crippen LogP contribution in [0.2, 0.25) is 10.0 Å². The van der Waals surface area contributed by atoms with Gasteiger partial charge in [0.25, 0.3) is 0 Å². The van der Waals surface area contributed by atoms with Gasteiger partial charge in [-0.3, -0.25) is 0 Å². The van der Waals surface area contributed by atoms with Gasteiger partial charge in [0.2, 0.25) is 0 Å². The molecule has 0 radical (unpaired) electrons. The molecule has 0 aliphatic rings. The summed E-state index contributed by atoms with van der Waals surface area (Å²) in [6.07, 6.45) is 19.8. The van der Waals surface area contributed by atoms with Crippen molar-refractivity contribution < 1.29 is 9.47 Å². The van der Waals surface area contributed by atoms with Crippen molar-refractivity contribution in [2.75, 3.05) is 13.2 Å². The summed E-state index contributed by atoms with van der Waals surface area (Å²) in [5.41, 5.74) is 4.69. The van der Waals surface area contributed by atoms with E-state index in [1.54, 1.807) is 34.8 Å². The van der Waals surface area contributed by atoms with Gasteiger partial charge in [0.15, 0.2) is 11.5 Å². The Morgan fingerprint density at radius 2 is 0.900 bits per heavy atom. The van der Waals surface area contributed by atoms with Crippen molar-refractivity contribution >= 4 is 99.8 Å². The molecule has 270 valence electrons. The van der Waals surface area contributed by atoms with Gasteiger partial charge in [-0.1, -0.05) is 127 Å². The van der Waals surface area contributed by atoms with Crippen molar-refractivity contribution in [2.45, 2.75) is 117 Å². The van der Waals surface area contributed by atoms with Gasteiger partial charge in [-0.25, -0.2) is 9.97 Å². The molecule has 3 heterocycles. The molecule has 0 spiro atoms. The quantitative estimate of drug-likeness (QED) is 0.0513. The molecule has 0 N–H and O–H groups in total. The molecule has 5 rings (SSSR count). The average Bonchev–Trinajstić information content (AvgIpc) is 3.73. The Bertz CT molecular complexity index is 1700. The molecule has 0 fully saturated rings. The van der Waals surface area contributed by atoms with E-state index in [4.69, 9.17) is 42.6 Å². The summed E-state index contributed by atoms with van der Waals surface area (Å²) in [7, 11) is 0. The lowest BCUT2D eigenvalue weighted by Crippen LogP contribution is -2.07. The summed E-state index contributed by atoms with van der Waals surface area (Å²) in [6.45, 7) is 5.74. The molecule has 0 saturated heterocycles. The smallest absolute Gasteiger partial charge is 0.172 e. The van der Waals surface area contributed by atoms with E-state index < -0.39 is 0 Å². The van der Waals surface area contributed by atoms with Crippen molar-refractivity contribution in [1.29, 1.82) is 0 Å². The minimum atomic E-state index is 0.451. The molecule has 0 aliphatic carbocycles. The van der Waals surface area contributed by atoms with Crippen molar-refractivity contribution in [3.05, 3.63) is 54.0 Å². The lowest BCUT2D eigenvalue weighted by Gasteiger charge is -2.22. The average molecular weight is 884 g/mol. The fourth-order valence-electron chi connectivity index (χ4n) is 6.29. The van der Waals surface area contributed by atoms with Gasteiger partial charge in [0.05, 0.1) is 53.0 Å². The molecule has 0 bridgehead atoms. The van der Waals surface area contributed by atoms with Crippen molar-refractivity contribution in [2.24, 2.45) is 0 Å². The predicted molar refractivity (Wildman–Crippen MR) is 225 cm³/mol. The number of nitrogens with zero attached hydrogens (tertiary/aromatic N) is 2.